The zero-order valence-corrected chi connectivity index (χ0v) is 23.9. The van der Waals surface area contributed by atoms with Gasteiger partial charge in [-0.1, -0.05) is 36.4 Å². The lowest BCUT2D eigenvalue weighted by Gasteiger charge is -2.09. The van der Waals surface area contributed by atoms with Crippen LogP contribution in [0, 0.1) is 11.6 Å². The molecule has 6 aromatic rings. The number of thiophene rings is 1. The van der Waals surface area contributed by atoms with Crippen molar-refractivity contribution in [3.8, 4) is 10.4 Å². The van der Waals surface area contributed by atoms with Crippen LogP contribution in [0.4, 0.5) is 8.78 Å². The van der Waals surface area contributed by atoms with Crippen LogP contribution in [0.25, 0.3) is 21.3 Å². The van der Waals surface area contributed by atoms with Crippen molar-refractivity contribution in [3.63, 3.8) is 0 Å². The molecule has 3 aromatic carbocycles. The number of aromatic nitrogens is 3. The third-order valence-corrected chi connectivity index (χ3v) is 9.53. The summed E-state index contributed by atoms with van der Waals surface area (Å²) in [5.41, 5.74) is 0.957. The lowest BCUT2D eigenvalue weighted by Crippen LogP contribution is -2.32. The van der Waals surface area contributed by atoms with Crippen LogP contribution in [0.5, 0.6) is 0 Å². The normalized spacial score (nSPS) is 11.6. The second-order valence-corrected chi connectivity index (χ2v) is 12.5. The van der Waals surface area contributed by atoms with Gasteiger partial charge in [0.1, 0.15) is 5.56 Å². The molecule has 12 heteroatoms. The predicted octanol–water partition coefficient (Wildman–Crippen LogP) is 5.42. The molecule has 1 amide bonds. The number of halogens is 2. The van der Waals surface area contributed by atoms with E-state index in [2.05, 4.69) is 10.4 Å². The Morgan fingerprint density at radius 2 is 1.72 bits per heavy atom. The van der Waals surface area contributed by atoms with Gasteiger partial charge in [-0.2, -0.15) is 17.6 Å². The summed E-state index contributed by atoms with van der Waals surface area (Å²) in [6.07, 6.45) is 2.99. The first-order valence-electron chi connectivity index (χ1n) is 13.0. The molecule has 0 aliphatic heterocycles. The van der Waals surface area contributed by atoms with Gasteiger partial charge in [-0.3, -0.25) is 9.59 Å². The van der Waals surface area contributed by atoms with E-state index in [0.29, 0.717) is 16.5 Å². The molecule has 0 bridgehead atoms. The van der Waals surface area contributed by atoms with Gasteiger partial charge in [-0.15, -0.1) is 11.3 Å². The number of nitrogens with zero attached hydrogens (tertiary/aromatic N) is 3. The molecule has 0 aliphatic rings. The van der Waals surface area contributed by atoms with E-state index in [1.54, 1.807) is 30.3 Å². The molecule has 0 saturated heterocycles. The Morgan fingerprint density at radius 1 is 0.907 bits per heavy atom. The van der Waals surface area contributed by atoms with Crippen molar-refractivity contribution < 1.29 is 22.0 Å². The molecular formula is C31H22F2N4O4S2. The number of fused-ring (bicyclic) bond motifs is 1. The monoisotopic (exact) mass is 616 g/mol. The van der Waals surface area contributed by atoms with Gasteiger partial charge >= 0.3 is 0 Å². The van der Waals surface area contributed by atoms with Crippen LogP contribution >= 0.6 is 11.3 Å². The van der Waals surface area contributed by atoms with Gasteiger partial charge in [-0.05, 0) is 60.2 Å². The molecule has 3 heterocycles. The standard InChI is InChI=1S/C31H22F2N4O4S2/c32-26-13-11-20(16-27(26)33)19-36-15-5-9-24(31(36)39)30(38)34-17-21-12-14-29(42-21)23-8-4-10-28-25(23)18-35-37(28)43(40,41)22-6-2-1-3-7-22/h1-16,18H,17,19H2,(H,34,38). The fraction of sp³-hybridized carbons (Fsp3) is 0.0645. The van der Waals surface area contributed by atoms with Crippen LogP contribution in [0.15, 0.2) is 113 Å². The number of carbonyl (C=O) groups excluding carboxylic acids is 1. The molecular weight excluding hydrogens is 594 g/mol. The van der Waals surface area contributed by atoms with Gasteiger partial charge in [-0.25, -0.2) is 8.78 Å². The lowest BCUT2D eigenvalue weighted by atomic mass is 10.1. The fourth-order valence-corrected chi connectivity index (χ4v) is 6.95. The number of pyridine rings is 1. The number of rotatable bonds is 8. The summed E-state index contributed by atoms with van der Waals surface area (Å²) in [5, 5.41) is 7.61. The van der Waals surface area contributed by atoms with E-state index >= 15 is 0 Å². The minimum atomic E-state index is -3.89. The fourth-order valence-electron chi connectivity index (χ4n) is 4.68. The average molecular weight is 617 g/mol. The van der Waals surface area contributed by atoms with Crippen LogP contribution in [0.2, 0.25) is 0 Å². The van der Waals surface area contributed by atoms with Crippen molar-refractivity contribution in [2.45, 2.75) is 18.0 Å². The Morgan fingerprint density at radius 3 is 2.51 bits per heavy atom. The zero-order chi connectivity index (χ0) is 30.1. The largest absolute Gasteiger partial charge is 0.347 e. The molecule has 1 N–H and O–H groups in total. The minimum Gasteiger partial charge on any atom is -0.347 e. The SMILES string of the molecule is O=C(NCc1ccc(-c2cccc3c2cnn3S(=O)(=O)c2ccccc2)s1)c1cccn(Cc2ccc(F)c(F)c2)c1=O. The highest BCUT2D eigenvalue weighted by atomic mass is 32.2. The van der Waals surface area contributed by atoms with Crippen LogP contribution in [0.3, 0.4) is 0 Å². The smallest absolute Gasteiger partial charge is 0.283 e. The Kier molecular flexibility index (Phi) is 7.46. The number of hydrogen-bond acceptors (Lipinski definition) is 6. The molecule has 0 radical (unpaired) electrons. The van der Waals surface area contributed by atoms with Crippen molar-refractivity contribution in [2.24, 2.45) is 0 Å². The van der Waals surface area contributed by atoms with Gasteiger partial charge in [0.05, 0.1) is 29.7 Å². The maximum atomic E-state index is 13.6. The second kappa shape index (κ2) is 11.4. The molecule has 0 atom stereocenters. The summed E-state index contributed by atoms with van der Waals surface area (Å²) < 4.78 is 55.5. The van der Waals surface area contributed by atoms with E-state index in [0.717, 1.165) is 31.5 Å². The molecule has 0 fully saturated rings. The molecule has 0 saturated carbocycles. The molecule has 3 aromatic heterocycles. The number of amides is 1. The Labute approximate surface area is 248 Å². The van der Waals surface area contributed by atoms with Crippen LogP contribution in [0.1, 0.15) is 20.8 Å². The number of hydrogen-bond donors (Lipinski definition) is 1. The lowest BCUT2D eigenvalue weighted by molar-refractivity contribution is 0.0949. The van der Waals surface area contributed by atoms with E-state index in [1.807, 2.05) is 18.2 Å². The minimum absolute atomic E-state index is 0.0276. The highest BCUT2D eigenvalue weighted by molar-refractivity contribution is 7.90. The summed E-state index contributed by atoms with van der Waals surface area (Å²) in [7, 11) is -3.89. The zero-order valence-electron chi connectivity index (χ0n) is 22.3. The van der Waals surface area contributed by atoms with E-state index in [4.69, 9.17) is 0 Å². The van der Waals surface area contributed by atoms with Crippen molar-refractivity contribution in [1.82, 2.24) is 19.1 Å². The highest BCUT2D eigenvalue weighted by Gasteiger charge is 2.21. The maximum Gasteiger partial charge on any atom is 0.283 e. The Hall–Kier alpha value is -4.94. The van der Waals surface area contributed by atoms with Gasteiger partial charge in [0.15, 0.2) is 11.6 Å². The first kappa shape index (κ1) is 28.2. The molecule has 0 spiro atoms. The summed E-state index contributed by atoms with van der Waals surface area (Å²) in [5.74, 6) is -2.57. The van der Waals surface area contributed by atoms with Crippen molar-refractivity contribution in [3.05, 3.63) is 141 Å². The molecule has 0 aliphatic carbocycles. The molecule has 6 rings (SSSR count). The predicted molar refractivity (Wildman–Crippen MR) is 159 cm³/mol. The van der Waals surface area contributed by atoms with Crippen LogP contribution < -0.4 is 10.9 Å². The van der Waals surface area contributed by atoms with Gasteiger partial charge in [0, 0.05) is 26.9 Å². The van der Waals surface area contributed by atoms with Gasteiger partial charge in [0.2, 0.25) is 0 Å². The molecule has 8 nitrogen and oxygen atoms in total. The summed E-state index contributed by atoms with van der Waals surface area (Å²) in [6, 6.07) is 23.4. The van der Waals surface area contributed by atoms with E-state index < -0.39 is 33.1 Å². The Bertz CT molecular complexity index is 2160. The summed E-state index contributed by atoms with van der Waals surface area (Å²) >= 11 is 1.41. The van der Waals surface area contributed by atoms with E-state index in [-0.39, 0.29) is 23.5 Å². The highest BCUT2D eigenvalue weighted by Crippen LogP contribution is 2.34. The second-order valence-electron chi connectivity index (χ2n) is 9.60. The van der Waals surface area contributed by atoms with Crippen LogP contribution in [-0.4, -0.2) is 28.1 Å². The molecule has 216 valence electrons. The van der Waals surface area contributed by atoms with Crippen molar-refractivity contribution in [1.29, 1.82) is 0 Å². The summed E-state index contributed by atoms with van der Waals surface area (Å²) in [4.78, 5) is 27.6. The first-order chi connectivity index (χ1) is 20.7. The number of nitrogens with one attached hydrogen (secondary N) is 1. The van der Waals surface area contributed by atoms with Gasteiger partial charge in [0.25, 0.3) is 21.5 Å². The molecule has 0 unspecified atom stereocenters. The first-order valence-corrected chi connectivity index (χ1v) is 15.3. The number of carbonyl (C=O) groups is 1. The van der Waals surface area contributed by atoms with Crippen molar-refractivity contribution >= 4 is 38.2 Å². The Balaban J connectivity index is 1.19. The number of benzene rings is 3. The third kappa shape index (κ3) is 5.49. The molecule has 43 heavy (non-hydrogen) atoms. The summed E-state index contributed by atoms with van der Waals surface area (Å²) in [6.45, 7) is 0.124. The van der Waals surface area contributed by atoms with Gasteiger partial charge < -0.3 is 9.88 Å². The quantitative estimate of drug-likeness (QED) is 0.246. The van der Waals surface area contributed by atoms with E-state index in [9.17, 15) is 26.8 Å². The average Bonchev–Trinajstić information content (AvgIpc) is 3.67. The van der Waals surface area contributed by atoms with Crippen LogP contribution in [-0.2, 0) is 23.1 Å². The van der Waals surface area contributed by atoms with Crippen molar-refractivity contribution in [2.75, 3.05) is 0 Å². The topological polar surface area (TPSA) is 103 Å². The third-order valence-electron chi connectivity index (χ3n) is 6.80. The van der Waals surface area contributed by atoms with E-state index in [1.165, 1.54) is 58.6 Å². The maximum absolute atomic E-state index is 13.6.